The van der Waals surface area contributed by atoms with E-state index in [9.17, 15) is 0 Å². The topological polar surface area (TPSA) is 9.23 Å². The van der Waals surface area contributed by atoms with Crippen LogP contribution < -0.4 is 5.19 Å². The van der Waals surface area contributed by atoms with Crippen molar-refractivity contribution in [2.75, 3.05) is 7.11 Å². The van der Waals surface area contributed by atoms with Crippen molar-refractivity contribution in [1.82, 2.24) is 0 Å². The maximum atomic E-state index is 5.10. The van der Waals surface area contributed by atoms with Crippen LogP contribution in [0.2, 0.25) is 0 Å². The number of ether oxygens (including phenoxy) is 1. The number of benzene rings is 1. The van der Waals surface area contributed by atoms with E-state index < -0.39 is 0 Å². The Morgan fingerprint density at radius 3 is 2.92 bits per heavy atom. The molecule has 0 aliphatic heterocycles. The second-order valence-corrected chi connectivity index (χ2v) is 4.44. The van der Waals surface area contributed by atoms with E-state index in [2.05, 4.69) is 36.5 Å². The predicted molar refractivity (Wildman–Crippen MR) is 55.5 cm³/mol. The molecule has 0 aliphatic rings. The Kier molecular flexibility index (Phi) is 3.77. The van der Waals surface area contributed by atoms with E-state index >= 15 is 0 Å². The van der Waals surface area contributed by atoms with Crippen LogP contribution in [0.1, 0.15) is 5.56 Å². The van der Waals surface area contributed by atoms with Gasteiger partial charge in [-0.3, -0.25) is 0 Å². The maximum absolute atomic E-state index is 5.10. The predicted octanol–water partition coefficient (Wildman–Crippen LogP) is 0.771. The van der Waals surface area contributed by atoms with Crippen LogP contribution in [0.3, 0.4) is 0 Å². The van der Waals surface area contributed by atoms with Crippen molar-refractivity contribution in [3.8, 4) is 0 Å². The van der Waals surface area contributed by atoms with Crippen molar-refractivity contribution in [3.05, 3.63) is 42.1 Å². The van der Waals surface area contributed by atoms with Crippen LogP contribution in [-0.2, 0) is 11.3 Å². The number of hydrogen-bond donors (Lipinski definition) is 0. The summed E-state index contributed by atoms with van der Waals surface area (Å²) >= 11 is 0. The molecule has 0 N–H and O–H groups in total. The first-order valence-electron chi connectivity index (χ1n) is 4.05. The molecule has 12 heavy (non-hydrogen) atoms. The monoisotopic (exact) mass is 178 g/mol. The molecule has 0 unspecified atom stereocenters. The summed E-state index contributed by atoms with van der Waals surface area (Å²) < 4.78 is 5.10. The molecule has 64 valence electrons. The first-order chi connectivity index (χ1) is 5.88. The summed E-state index contributed by atoms with van der Waals surface area (Å²) in [7, 11) is 1.46. The van der Waals surface area contributed by atoms with E-state index in [0.717, 1.165) is 6.61 Å². The highest BCUT2D eigenvalue weighted by Gasteiger charge is 1.98. The van der Waals surface area contributed by atoms with Gasteiger partial charge in [-0.05, 0) is 5.56 Å². The largest absolute Gasteiger partial charge is 0.380 e. The molecule has 0 bridgehead atoms. The fourth-order valence-electron chi connectivity index (χ4n) is 1.21. The lowest BCUT2D eigenvalue weighted by atomic mass is 10.2. The van der Waals surface area contributed by atoms with Crippen molar-refractivity contribution in [2.24, 2.45) is 0 Å². The zero-order chi connectivity index (χ0) is 8.81. The van der Waals surface area contributed by atoms with Gasteiger partial charge in [0.25, 0.3) is 0 Å². The van der Waals surface area contributed by atoms with Crippen LogP contribution in [0.15, 0.2) is 36.5 Å². The van der Waals surface area contributed by atoms with Crippen molar-refractivity contribution < 1.29 is 4.74 Å². The van der Waals surface area contributed by atoms with E-state index in [-0.39, 0.29) is 9.52 Å². The quantitative estimate of drug-likeness (QED) is 0.619. The molecule has 1 aromatic carbocycles. The Hall–Kier alpha value is -0.863. The van der Waals surface area contributed by atoms with E-state index in [1.165, 1.54) is 10.8 Å². The summed E-state index contributed by atoms with van der Waals surface area (Å²) in [4.78, 5) is 0. The Bertz CT molecular complexity index is 258. The third-order valence-electron chi connectivity index (χ3n) is 1.78. The second kappa shape index (κ2) is 4.90. The highest BCUT2D eigenvalue weighted by molar-refractivity contribution is 6.58. The number of hydrogen-bond acceptors (Lipinski definition) is 1. The van der Waals surface area contributed by atoms with Crippen LogP contribution in [0.5, 0.6) is 0 Å². The molecular weight excluding hydrogens is 164 g/mol. The van der Waals surface area contributed by atoms with Gasteiger partial charge in [-0.1, -0.05) is 29.5 Å². The SMILES string of the molecule is C=C[SiH2]c1ccccc1COC. The Labute approximate surface area is 75.9 Å². The van der Waals surface area contributed by atoms with Gasteiger partial charge in [-0.15, -0.1) is 12.3 Å². The average Bonchev–Trinajstić information content (AvgIpc) is 2.09. The van der Waals surface area contributed by atoms with Crippen LogP contribution in [-0.4, -0.2) is 16.6 Å². The summed E-state index contributed by atoms with van der Waals surface area (Å²) in [5, 5.41) is 1.44. The van der Waals surface area contributed by atoms with Gasteiger partial charge in [0.1, 0.15) is 0 Å². The smallest absolute Gasteiger partial charge is 0.0780 e. The van der Waals surface area contributed by atoms with Gasteiger partial charge in [0.05, 0.1) is 16.1 Å². The molecule has 0 aliphatic carbocycles. The van der Waals surface area contributed by atoms with E-state index in [4.69, 9.17) is 4.74 Å². The highest BCUT2D eigenvalue weighted by Crippen LogP contribution is 1.96. The van der Waals surface area contributed by atoms with Crippen LogP contribution in [0, 0.1) is 0 Å². The van der Waals surface area contributed by atoms with Gasteiger partial charge >= 0.3 is 0 Å². The second-order valence-electron chi connectivity index (χ2n) is 2.69. The zero-order valence-electron chi connectivity index (χ0n) is 7.42. The maximum Gasteiger partial charge on any atom is 0.0780 e. The molecule has 0 spiro atoms. The van der Waals surface area contributed by atoms with E-state index in [1.54, 1.807) is 7.11 Å². The third-order valence-corrected chi connectivity index (χ3v) is 3.20. The third kappa shape index (κ3) is 2.32. The molecule has 0 saturated heterocycles. The standard InChI is InChI=1S/C10H14OSi/c1-3-12-10-7-5-4-6-9(10)8-11-2/h3-7H,1,8,12H2,2H3. The first-order valence-corrected chi connectivity index (χ1v) is 5.57. The summed E-state index contributed by atoms with van der Waals surface area (Å²) in [6.45, 7) is 4.50. The molecule has 0 saturated carbocycles. The van der Waals surface area contributed by atoms with Gasteiger partial charge in [0, 0.05) is 7.11 Å². The molecule has 1 nitrogen and oxygen atoms in total. The van der Waals surface area contributed by atoms with Crippen LogP contribution in [0.25, 0.3) is 0 Å². The zero-order valence-corrected chi connectivity index (χ0v) is 8.83. The van der Waals surface area contributed by atoms with Crippen molar-refractivity contribution in [1.29, 1.82) is 0 Å². The normalized spacial score (nSPS) is 10.8. The molecule has 0 heterocycles. The Morgan fingerprint density at radius 2 is 2.25 bits per heavy atom. The van der Waals surface area contributed by atoms with Gasteiger partial charge in [-0.2, -0.15) is 0 Å². The molecule has 0 amide bonds. The summed E-state index contributed by atoms with van der Waals surface area (Å²) in [6, 6.07) is 8.41. The summed E-state index contributed by atoms with van der Waals surface area (Å²) in [6.07, 6.45) is 0. The van der Waals surface area contributed by atoms with Crippen molar-refractivity contribution in [2.45, 2.75) is 6.61 Å². The fraction of sp³-hybridized carbons (Fsp3) is 0.200. The molecule has 0 radical (unpaired) electrons. The van der Waals surface area contributed by atoms with Crippen molar-refractivity contribution >= 4 is 14.7 Å². The van der Waals surface area contributed by atoms with Gasteiger partial charge in [0.2, 0.25) is 0 Å². The lowest BCUT2D eigenvalue weighted by molar-refractivity contribution is 0.185. The molecular formula is C10H14OSi. The highest BCUT2D eigenvalue weighted by atomic mass is 28.2. The van der Waals surface area contributed by atoms with E-state index in [0.29, 0.717) is 0 Å². The van der Waals surface area contributed by atoms with Crippen LogP contribution in [0.4, 0.5) is 0 Å². The minimum Gasteiger partial charge on any atom is -0.380 e. The minimum absolute atomic E-state index is 0.266. The van der Waals surface area contributed by atoms with Crippen LogP contribution >= 0.6 is 0 Å². The number of rotatable bonds is 4. The van der Waals surface area contributed by atoms with Gasteiger partial charge in [0.15, 0.2) is 0 Å². The van der Waals surface area contributed by atoms with E-state index in [1.807, 2.05) is 0 Å². The van der Waals surface area contributed by atoms with Crippen molar-refractivity contribution in [3.63, 3.8) is 0 Å². The molecule has 0 atom stereocenters. The Balaban J connectivity index is 2.83. The molecule has 1 aromatic rings. The first kappa shape index (κ1) is 9.23. The molecule has 0 aromatic heterocycles. The fourth-order valence-corrected chi connectivity index (χ4v) is 2.27. The molecule has 1 rings (SSSR count). The number of methoxy groups -OCH3 is 1. The van der Waals surface area contributed by atoms with Gasteiger partial charge < -0.3 is 4.74 Å². The average molecular weight is 178 g/mol. The summed E-state index contributed by atoms with van der Waals surface area (Å²) in [5.41, 5.74) is 3.36. The lowest BCUT2D eigenvalue weighted by Crippen LogP contribution is -2.17. The molecule has 0 fully saturated rings. The van der Waals surface area contributed by atoms with Gasteiger partial charge in [-0.25, -0.2) is 0 Å². The Morgan fingerprint density at radius 1 is 1.50 bits per heavy atom. The summed E-state index contributed by atoms with van der Waals surface area (Å²) in [5.74, 6) is 0. The lowest BCUT2D eigenvalue weighted by Gasteiger charge is -2.05. The molecule has 2 heteroatoms. The minimum atomic E-state index is -0.266.